The second kappa shape index (κ2) is 16.0. The molecule has 0 bridgehead atoms. The number of aliphatic imine (C=N–C) groups is 3. The highest BCUT2D eigenvalue weighted by Crippen LogP contribution is 2.26. The second-order valence-corrected chi connectivity index (χ2v) is 10.2. The molecule has 4 nitrogen and oxygen atoms in total. The number of nitrogens with one attached hydrogen (secondary N) is 1. The van der Waals surface area contributed by atoms with Crippen molar-refractivity contribution in [2.24, 2.45) is 20.9 Å². The summed E-state index contributed by atoms with van der Waals surface area (Å²) in [6, 6.07) is 19.3. The molecule has 0 amide bonds. The van der Waals surface area contributed by atoms with E-state index in [1.54, 1.807) is 0 Å². The number of benzene rings is 2. The summed E-state index contributed by atoms with van der Waals surface area (Å²) in [6.07, 6.45) is 14.9. The van der Waals surface area contributed by atoms with Crippen molar-refractivity contribution < 1.29 is 0 Å². The first kappa shape index (κ1) is 28.6. The van der Waals surface area contributed by atoms with Crippen molar-refractivity contribution in [3.63, 3.8) is 0 Å². The largest absolute Gasteiger partial charge is 0.344 e. The highest BCUT2D eigenvalue weighted by Gasteiger charge is 2.17. The van der Waals surface area contributed by atoms with Crippen LogP contribution in [-0.2, 0) is 6.42 Å². The summed E-state index contributed by atoms with van der Waals surface area (Å²) >= 11 is 0. The Balaban J connectivity index is 1.72. The zero-order valence-corrected chi connectivity index (χ0v) is 23.4. The van der Waals surface area contributed by atoms with Gasteiger partial charge in [0, 0.05) is 23.9 Å². The summed E-state index contributed by atoms with van der Waals surface area (Å²) < 4.78 is 0. The fourth-order valence-corrected chi connectivity index (χ4v) is 4.58. The lowest BCUT2D eigenvalue weighted by Gasteiger charge is -2.15. The van der Waals surface area contributed by atoms with E-state index in [0.29, 0.717) is 5.92 Å². The highest BCUT2D eigenvalue weighted by molar-refractivity contribution is 6.05. The number of unbranched alkanes of at least 4 members (excludes halogenated alkanes) is 3. The molecule has 37 heavy (non-hydrogen) atoms. The number of anilines is 1. The summed E-state index contributed by atoms with van der Waals surface area (Å²) in [5, 5.41) is 3.40. The predicted octanol–water partition coefficient (Wildman–Crippen LogP) is 9.01. The van der Waals surface area contributed by atoms with E-state index < -0.39 is 0 Å². The van der Waals surface area contributed by atoms with Gasteiger partial charge in [-0.2, -0.15) is 0 Å². The van der Waals surface area contributed by atoms with E-state index in [0.717, 1.165) is 61.7 Å². The van der Waals surface area contributed by atoms with Crippen LogP contribution < -0.4 is 5.32 Å². The molecule has 0 saturated heterocycles. The lowest BCUT2D eigenvalue weighted by Crippen LogP contribution is -2.12. The van der Waals surface area contributed by atoms with Crippen LogP contribution in [0.5, 0.6) is 0 Å². The molecule has 2 aromatic rings. The van der Waals surface area contributed by atoms with Crippen LogP contribution in [-0.4, -0.2) is 23.9 Å². The Labute approximate surface area is 225 Å². The van der Waals surface area contributed by atoms with E-state index in [2.05, 4.69) is 97.8 Å². The van der Waals surface area contributed by atoms with Crippen molar-refractivity contribution in [2.45, 2.75) is 91.5 Å². The van der Waals surface area contributed by atoms with E-state index in [1.807, 2.05) is 6.92 Å². The Kier molecular flexibility index (Phi) is 12.3. The molecular formula is C33H46N4. The molecule has 0 aromatic heterocycles. The Morgan fingerprint density at radius 2 is 1.70 bits per heavy atom. The maximum Gasteiger partial charge on any atom is 0.127 e. The molecule has 2 unspecified atom stereocenters. The average molecular weight is 499 g/mol. The van der Waals surface area contributed by atoms with Crippen LogP contribution in [0, 0.1) is 5.92 Å². The summed E-state index contributed by atoms with van der Waals surface area (Å²) in [5.74, 6) is 2.32. The maximum atomic E-state index is 5.19. The number of amidine groups is 2. The fraction of sp³-hybridized carbons (Fsp3) is 0.485. The van der Waals surface area contributed by atoms with E-state index in [4.69, 9.17) is 9.98 Å². The van der Waals surface area contributed by atoms with Gasteiger partial charge in [0.15, 0.2) is 0 Å². The van der Waals surface area contributed by atoms with Gasteiger partial charge in [-0.05, 0) is 68.4 Å². The van der Waals surface area contributed by atoms with E-state index in [1.165, 1.54) is 36.8 Å². The van der Waals surface area contributed by atoms with Crippen LogP contribution in [0.4, 0.5) is 5.69 Å². The first-order chi connectivity index (χ1) is 18.1. The molecule has 198 valence electrons. The Morgan fingerprint density at radius 1 is 0.919 bits per heavy atom. The van der Waals surface area contributed by atoms with E-state index >= 15 is 0 Å². The molecular weight excluding hydrogens is 452 g/mol. The van der Waals surface area contributed by atoms with Crippen molar-refractivity contribution in [3.8, 4) is 0 Å². The van der Waals surface area contributed by atoms with Crippen molar-refractivity contribution >= 4 is 23.1 Å². The summed E-state index contributed by atoms with van der Waals surface area (Å²) in [5.41, 5.74) is 4.80. The van der Waals surface area contributed by atoms with Crippen molar-refractivity contribution in [2.75, 3.05) is 11.9 Å². The Bertz CT molecular complexity index is 1050. The minimum Gasteiger partial charge on any atom is -0.344 e. The van der Waals surface area contributed by atoms with Crippen LogP contribution >= 0.6 is 0 Å². The van der Waals surface area contributed by atoms with Gasteiger partial charge in [0.25, 0.3) is 0 Å². The normalized spacial score (nSPS) is 16.6. The molecule has 2 aromatic carbocycles. The van der Waals surface area contributed by atoms with Crippen LogP contribution in [0.25, 0.3) is 0 Å². The van der Waals surface area contributed by atoms with Crippen LogP contribution in [0.3, 0.4) is 0 Å². The third-order valence-electron chi connectivity index (χ3n) is 6.82. The standard InChI is InChI=1S/C33H46N4/c1-5-7-8-10-14-26(3)33-36-30(18-13-17-28-15-11-9-12-16-28)23-24-32(37-33)29-19-21-31(22-20-29)35-27(4)34-25-6-2/h9,11-12,15-16,19-24,26,32H,5-8,10,13-14,17-18,25H2,1-4H3,(H,34,35). The molecule has 0 fully saturated rings. The van der Waals surface area contributed by atoms with Gasteiger partial charge in [-0.1, -0.05) is 95.0 Å². The van der Waals surface area contributed by atoms with Gasteiger partial charge in [-0.15, -0.1) is 0 Å². The lowest BCUT2D eigenvalue weighted by atomic mass is 10.0. The first-order valence-electron chi connectivity index (χ1n) is 14.3. The van der Waals surface area contributed by atoms with Gasteiger partial charge in [-0.3, -0.25) is 9.98 Å². The molecule has 0 saturated carbocycles. The van der Waals surface area contributed by atoms with E-state index in [9.17, 15) is 0 Å². The number of hydrogen-bond acceptors (Lipinski definition) is 3. The molecule has 1 N–H and O–H groups in total. The third kappa shape index (κ3) is 10.1. The van der Waals surface area contributed by atoms with Crippen molar-refractivity contribution in [1.82, 2.24) is 0 Å². The molecule has 2 atom stereocenters. The molecule has 1 aliphatic heterocycles. The smallest absolute Gasteiger partial charge is 0.127 e. The van der Waals surface area contributed by atoms with Crippen LogP contribution in [0.1, 0.15) is 96.2 Å². The summed E-state index contributed by atoms with van der Waals surface area (Å²) in [7, 11) is 0. The summed E-state index contributed by atoms with van der Waals surface area (Å²) in [4.78, 5) is 14.8. The van der Waals surface area contributed by atoms with Gasteiger partial charge < -0.3 is 5.32 Å². The first-order valence-corrected chi connectivity index (χ1v) is 14.3. The Morgan fingerprint density at radius 3 is 2.43 bits per heavy atom. The fourth-order valence-electron chi connectivity index (χ4n) is 4.58. The quantitative estimate of drug-likeness (QED) is 0.158. The number of hydrogen-bond donors (Lipinski definition) is 1. The topological polar surface area (TPSA) is 49.1 Å². The molecule has 0 spiro atoms. The molecule has 1 aliphatic rings. The van der Waals surface area contributed by atoms with Gasteiger partial charge in [0.2, 0.25) is 0 Å². The number of rotatable bonds is 14. The number of allylic oxidation sites excluding steroid dienone is 1. The van der Waals surface area contributed by atoms with Gasteiger partial charge in [0.1, 0.15) is 5.84 Å². The predicted molar refractivity (Wildman–Crippen MR) is 162 cm³/mol. The molecule has 4 heteroatoms. The number of nitrogens with zero attached hydrogens (tertiary/aromatic N) is 3. The lowest BCUT2D eigenvalue weighted by molar-refractivity contribution is 0.575. The van der Waals surface area contributed by atoms with Crippen LogP contribution in [0.15, 0.2) is 81.7 Å². The number of aryl methyl sites for hydroxylation is 1. The van der Waals surface area contributed by atoms with Crippen molar-refractivity contribution in [3.05, 3.63) is 77.9 Å². The zero-order valence-electron chi connectivity index (χ0n) is 23.4. The highest BCUT2D eigenvalue weighted by atomic mass is 15.0. The molecule has 3 rings (SSSR count). The minimum atomic E-state index is -0.00706. The minimum absolute atomic E-state index is 0.00706. The maximum absolute atomic E-state index is 5.19. The Hall–Kier alpha value is -3.01. The molecule has 0 aliphatic carbocycles. The monoisotopic (exact) mass is 498 g/mol. The summed E-state index contributed by atoms with van der Waals surface area (Å²) in [6.45, 7) is 9.58. The van der Waals surface area contributed by atoms with Crippen LogP contribution in [0.2, 0.25) is 0 Å². The van der Waals surface area contributed by atoms with Gasteiger partial charge >= 0.3 is 0 Å². The van der Waals surface area contributed by atoms with Gasteiger partial charge in [-0.25, -0.2) is 4.99 Å². The van der Waals surface area contributed by atoms with Gasteiger partial charge in [0.05, 0.1) is 11.9 Å². The third-order valence-corrected chi connectivity index (χ3v) is 6.82. The zero-order chi connectivity index (χ0) is 26.3. The van der Waals surface area contributed by atoms with E-state index in [-0.39, 0.29) is 6.04 Å². The molecule has 1 heterocycles. The second-order valence-electron chi connectivity index (χ2n) is 10.2. The SMILES string of the molecule is CCCCCCC(C)C1=NC(c2ccc(NC(C)=NCCC)cc2)C=CC(CCCc2ccccc2)=N1. The van der Waals surface area contributed by atoms with Crippen molar-refractivity contribution in [1.29, 1.82) is 0 Å². The average Bonchev–Trinajstić information content (AvgIpc) is 3.14. The molecule has 0 radical (unpaired) electrons.